The van der Waals surface area contributed by atoms with Crippen molar-refractivity contribution in [1.29, 1.82) is 5.26 Å². The van der Waals surface area contributed by atoms with Gasteiger partial charge >= 0.3 is 0 Å². The molecule has 3 fully saturated rings. The molecule has 23 heavy (non-hydrogen) atoms. The molecule has 0 saturated heterocycles. The Morgan fingerprint density at radius 2 is 1.96 bits per heavy atom. The van der Waals surface area contributed by atoms with Gasteiger partial charge in [0.05, 0.1) is 6.07 Å². The first-order valence-corrected chi connectivity index (χ1v) is 9.29. The van der Waals surface area contributed by atoms with Gasteiger partial charge in [-0.15, -0.1) is 0 Å². The first-order chi connectivity index (χ1) is 11.0. The zero-order valence-corrected chi connectivity index (χ0v) is 14.4. The van der Waals surface area contributed by atoms with Crippen LogP contribution in [0.15, 0.2) is 23.3 Å². The van der Waals surface area contributed by atoms with Crippen LogP contribution in [0.1, 0.15) is 65.2 Å². The number of carbonyl (C=O) groups excluding carboxylic acids is 1. The van der Waals surface area contributed by atoms with Gasteiger partial charge in [0.1, 0.15) is 5.78 Å². The molecule has 4 rings (SSSR count). The van der Waals surface area contributed by atoms with Gasteiger partial charge in [0.2, 0.25) is 0 Å². The molecule has 122 valence electrons. The molecule has 4 aliphatic carbocycles. The van der Waals surface area contributed by atoms with Gasteiger partial charge in [-0.3, -0.25) is 4.79 Å². The molecule has 2 heteroatoms. The van der Waals surface area contributed by atoms with E-state index >= 15 is 0 Å². The maximum Gasteiger partial charge on any atom is 0.136 e. The zero-order valence-electron chi connectivity index (χ0n) is 14.4. The molecule has 0 unspecified atom stereocenters. The van der Waals surface area contributed by atoms with E-state index in [0.717, 1.165) is 43.4 Å². The predicted molar refractivity (Wildman–Crippen MR) is 90.4 cm³/mol. The lowest BCUT2D eigenvalue weighted by Crippen LogP contribution is -2.49. The zero-order chi connectivity index (χ0) is 16.2. The Morgan fingerprint density at radius 1 is 1.17 bits per heavy atom. The smallest absolute Gasteiger partial charge is 0.136 e. The Bertz CT molecular complexity index is 651. The third-order valence-electron chi connectivity index (χ3n) is 8.02. The molecular formula is C21H27NO. The highest BCUT2D eigenvalue weighted by molar-refractivity contribution is 5.82. The summed E-state index contributed by atoms with van der Waals surface area (Å²) < 4.78 is 0. The molecule has 0 aromatic heterocycles. The number of fused-ring (bicyclic) bond motifs is 5. The van der Waals surface area contributed by atoms with Gasteiger partial charge < -0.3 is 0 Å². The van der Waals surface area contributed by atoms with Crippen LogP contribution in [0, 0.1) is 39.9 Å². The number of carbonyl (C=O) groups is 1. The van der Waals surface area contributed by atoms with E-state index in [1.54, 1.807) is 0 Å². The standard InChI is InChI=1S/C21H27NO/c1-20-11-8-19-17(18(20)6-4-14(20)9-12-22)5-3-15-13-16(23)7-10-21(15,19)2/h3,9,17-19H,4-8,10-11,13H2,1-2H3/b14-9-/t17-,18-,19-,20+,21-/m0/s1. The molecule has 2 nitrogen and oxygen atoms in total. The quantitative estimate of drug-likeness (QED) is 0.468. The average Bonchev–Trinajstić information content (AvgIpc) is 2.85. The van der Waals surface area contributed by atoms with Crippen molar-refractivity contribution in [1.82, 2.24) is 0 Å². The van der Waals surface area contributed by atoms with Crippen LogP contribution >= 0.6 is 0 Å². The summed E-state index contributed by atoms with van der Waals surface area (Å²) in [5.41, 5.74) is 3.37. The van der Waals surface area contributed by atoms with Crippen molar-refractivity contribution >= 4 is 5.78 Å². The Balaban J connectivity index is 1.69. The molecule has 0 amide bonds. The monoisotopic (exact) mass is 309 g/mol. The molecule has 0 spiro atoms. The Hall–Kier alpha value is -1.36. The minimum absolute atomic E-state index is 0.253. The lowest BCUT2D eigenvalue weighted by Gasteiger charge is -2.56. The van der Waals surface area contributed by atoms with E-state index in [4.69, 9.17) is 5.26 Å². The number of ketones is 1. The number of rotatable bonds is 0. The summed E-state index contributed by atoms with van der Waals surface area (Å²) in [5.74, 6) is 2.66. The van der Waals surface area contributed by atoms with E-state index in [0.29, 0.717) is 12.2 Å². The van der Waals surface area contributed by atoms with E-state index in [1.807, 2.05) is 6.08 Å². The highest BCUT2D eigenvalue weighted by Crippen LogP contribution is 2.65. The van der Waals surface area contributed by atoms with Gasteiger partial charge in [-0.1, -0.05) is 31.1 Å². The third-order valence-corrected chi connectivity index (χ3v) is 8.02. The molecule has 0 radical (unpaired) electrons. The van der Waals surface area contributed by atoms with Crippen LogP contribution in [0.4, 0.5) is 0 Å². The summed E-state index contributed by atoms with van der Waals surface area (Å²) >= 11 is 0. The number of nitrogens with zero attached hydrogens (tertiary/aromatic N) is 1. The lowest BCUT2D eigenvalue weighted by atomic mass is 9.48. The maximum atomic E-state index is 11.9. The summed E-state index contributed by atoms with van der Waals surface area (Å²) in [7, 11) is 0. The van der Waals surface area contributed by atoms with Gasteiger partial charge in [-0.2, -0.15) is 5.26 Å². The van der Waals surface area contributed by atoms with Crippen LogP contribution in [0.3, 0.4) is 0 Å². The van der Waals surface area contributed by atoms with Crippen molar-refractivity contribution in [2.45, 2.75) is 65.2 Å². The number of hydrogen-bond acceptors (Lipinski definition) is 2. The maximum absolute atomic E-state index is 11.9. The van der Waals surface area contributed by atoms with Crippen molar-refractivity contribution in [3.8, 4) is 6.07 Å². The average molecular weight is 309 g/mol. The van der Waals surface area contributed by atoms with Gasteiger partial charge in [-0.25, -0.2) is 0 Å². The normalized spacial score (nSPS) is 47.3. The fraction of sp³-hybridized carbons (Fsp3) is 0.714. The largest absolute Gasteiger partial charge is 0.299 e. The Labute approximate surface area is 139 Å². The van der Waals surface area contributed by atoms with Crippen LogP contribution in [0.2, 0.25) is 0 Å². The highest BCUT2D eigenvalue weighted by atomic mass is 16.1. The van der Waals surface area contributed by atoms with E-state index in [1.165, 1.54) is 30.4 Å². The molecule has 0 N–H and O–H groups in total. The fourth-order valence-corrected chi connectivity index (χ4v) is 6.64. The molecule has 0 heterocycles. The summed E-state index contributed by atoms with van der Waals surface area (Å²) in [6.07, 6.45) is 12.8. The van der Waals surface area contributed by atoms with Crippen LogP contribution in [-0.4, -0.2) is 5.78 Å². The second-order valence-electron chi connectivity index (χ2n) is 8.77. The number of Topliss-reactive ketones (excluding diaryl/α,β-unsaturated/α-hetero) is 1. The van der Waals surface area contributed by atoms with Crippen molar-refractivity contribution in [2.75, 3.05) is 0 Å². The molecule has 3 saturated carbocycles. The molecular weight excluding hydrogens is 282 g/mol. The first kappa shape index (κ1) is 15.2. The Kier molecular flexibility index (Phi) is 3.34. The molecule has 4 aliphatic rings. The number of hydrogen-bond donors (Lipinski definition) is 0. The number of allylic oxidation sites excluding steroid dienone is 4. The summed E-state index contributed by atoms with van der Waals surface area (Å²) in [6, 6.07) is 2.29. The van der Waals surface area contributed by atoms with Crippen molar-refractivity contribution in [3.63, 3.8) is 0 Å². The van der Waals surface area contributed by atoms with E-state index < -0.39 is 0 Å². The van der Waals surface area contributed by atoms with Crippen LogP contribution < -0.4 is 0 Å². The molecule has 0 aromatic carbocycles. The van der Waals surface area contributed by atoms with E-state index in [9.17, 15) is 4.79 Å². The summed E-state index contributed by atoms with van der Waals surface area (Å²) in [5, 5.41) is 9.12. The second-order valence-corrected chi connectivity index (χ2v) is 8.77. The van der Waals surface area contributed by atoms with Crippen molar-refractivity contribution in [3.05, 3.63) is 23.3 Å². The van der Waals surface area contributed by atoms with Gasteiger partial charge in [0.25, 0.3) is 0 Å². The Morgan fingerprint density at radius 3 is 2.74 bits per heavy atom. The molecule has 0 bridgehead atoms. The van der Waals surface area contributed by atoms with Crippen molar-refractivity contribution in [2.24, 2.45) is 28.6 Å². The SMILES string of the molecule is C[C@]12CCC(=O)CC1=CC[C@@H]1[C@@H]2CC[C@]2(C)/C(=C\C#N)CC[C@@H]12. The number of nitriles is 1. The molecule has 0 aromatic rings. The van der Waals surface area contributed by atoms with Crippen LogP contribution in [0.5, 0.6) is 0 Å². The van der Waals surface area contributed by atoms with E-state index in [2.05, 4.69) is 26.0 Å². The molecule has 5 atom stereocenters. The van der Waals surface area contributed by atoms with Gasteiger partial charge in [0.15, 0.2) is 0 Å². The molecule has 0 aliphatic heterocycles. The topological polar surface area (TPSA) is 40.9 Å². The third kappa shape index (κ3) is 2.02. The minimum Gasteiger partial charge on any atom is -0.299 e. The van der Waals surface area contributed by atoms with Gasteiger partial charge in [0, 0.05) is 18.9 Å². The van der Waals surface area contributed by atoms with Crippen LogP contribution in [0.25, 0.3) is 0 Å². The van der Waals surface area contributed by atoms with Crippen LogP contribution in [-0.2, 0) is 4.79 Å². The highest BCUT2D eigenvalue weighted by Gasteiger charge is 2.57. The minimum atomic E-state index is 0.253. The van der Waals surface area contributed by atoms with Gasteiger partial charge in [-0.05, 0) is 67.1 Å². The predicted octanol–water partition coefficient (Wildman–Crippen LogP) is 4.97. The van der Waals surface area contributed by atoms with Crippen molar-refractivity contribution < 1.29 is 4.79 Å². The first-order valence-electron chi connectivity index (χ1n) is 9.29. The summed E-state index contributed by atoms with van der Waals surface area (Å²) in [6.45, 7) is 4.85. The fourth-order valence-electron chi connectivity index (χ4n) is 6.64. The summed E-state index contributed by atoms with van der Waals surface area (Å²) in [4.78, 5) is 11.9. The van der Waals surface area contributed by atoms with E-state index in [-0.39, 0.29) is 10.8 Å². The lowest BCUT2D eigenvalue weighted by molar-refractivity contribution is -0.122. The second kappa shape index (κ2) is 5.07.